The van der Waals surface area contributed by atoms with E-state index in [9.17, 15) is 0 Å². The SMILES string of the molecule is [B]CCn1nnc2c1-c1ccccc1CN(CC)c1ccccc1-2. The smallest absolute Gasteiger partial charge is 0.123 e. The zero-order valence-electron chi connectivity index (χ0n) is 13.8. The predicted molar refractivity (Wildman–Crippen MR) is 98.2 cm³/mol. The van der Waals surface area contributed by atoms with Gasteiger partial charge in [-0.15, -0.1) is 5.10 Å². The summed E-state index contributed by atoms with van der Waals surface area (Å²) in [6, 6.07) is 17.0. The highest BCUT2D eigenvalue weighted by molar-refractivity contribution is 6.08. The highest BCUT2D eigenvalue weighted by atomic mass is 15.4. The third-order valence-corrected chi connectivity index (χ3v) is 4.59. The van der Waals surface area contributed by atoms with Crippen molar-refractivity contribution in [3.8, 4) is 22.5 Å². The van der Waals surface area contributed by atoms with Crippen LogP contribution in [0.5, 0.6) is 0 Å². The highest BCUT2D eigenvalue weighted by Crippen LogP contribution is 2.40. The molecule has 0 N–H and O–H groups in total. The van der Waals surface area contributed by atoms with Crippen LogP contribution < -0.4 is 4.90 Å². The summed E-state index contributed by atoms with van der Waals surface area (Å²) in [7, 11) is 5.78. The van der Waals surface area contributed by atoms with Crippen molar-refractivity contribution in [3.05, 3.63) is 54.1 Å². The van der Waals surface area contributed by atoms with E-state index in [1.165, 1.54) is 16.8 Å². The molecule has 0 bridgehead atoms. The van der Waals surface area contributed by atoms with Crippen LogP contribution >= 0.6 is 0 Å². The van der Waals surface area contributed by atoms with Crippen LogP contribution in [0.15, 0.2) is 48.5 Å². The van der Waals surface area contributed by atoms with E-state index >= 15 is 0 Å². The average molecular weight is 314 g/mol. The van der Waals surface area contributed by atoms with Crippen LogP contribution in [0, 0.1) is 0 Å². The van der Waals surface area contributed by atoms with Crippen LogP contribution in [0.25, 0.3) is 22.5 Å². The van der Waals surface area contributed by atoms with E-state index in [2.05, 4.69) is 70.7 Å². The quantitative estimate of drug-likeness (QED) is 0.694. The van der Waals surface area contributed by atoms with Gasteiger partial charge in [-0.3, -0.25) is 0 Å². The van der Waals surface area contributed by atoms with E-state index in [1.54, 1.807) is 0 Å². The summed E-state index contributed by atoms with van der Waals surface area (Å²) in [6.45, 7) is 4.66. The topological polar surface area (TPSA) is 34.0 Å². The molecule has 0 aliphatic carbocycles. The molecule has 2 heterocycles. The first-order chi connectivity index (χ1) is 11.8. The predicted octanol–water partition coefficient (Wildman–Crippen LogP) is 3.54. The summed E-state index contributed by atoms with van der Waals surface area (Å²) >= 11 is 0. The fraction of sp³-hybridized carbons (Fsp3) is 0.263. The maximum absolute atomic E-state index is 5.78. The number of hydrogen-bond acceptors (Lipinski definition) is 3. The highest BCUT2D eigenvalue weighted by Gasteiger charge is 2.25. The number of anilines is 1. The van der Waals surface area contributed by atoms with Crippen molar-refractivity contribution in [2.45, 2.75) is 26.3 Å². The van der Waals surface area contributed by atoms with Gasteiger partial charge in [-0.25, -0.2) is 4.68 Å². The lowest BCUT2D eigenvalue weighted by atomic mass is 9.95. The molecule has 5 heteroatoms. The van der Waals surface area contributed by atoms with E-state index in [1.807, 2.05) is 4.68 Å². The Balaban J connectivity index is 2.05. The molecule has 0 amide bonds. The van der Waals surface area contributed by atoms with Crippen molar-refractivity contribution in [2.24, 2.45) is 0 Å². The van der Waals surface area contributed by atoms with Gasteiger partial charge >= 0.3 is 0 Å². The lowest BCUT2D eigenvalue weighted by molar-refractivity contribution is 0.632. The molecule has 1 aromatic heterocycles. The summed E-state index contributed by atoms with van der Waals surface area (Å²) in [6.07, 6.45) is 0.542. The number of hydrogen-bond donors (Lipinski definition) is 0. The molecule has 0 unspecified atom stereocenters. The molecule has 4 rings (SSSR count). The zero-order valence-corrected chi connectivity index (χ0v) is 13.8. The molecular formula is C19H19BN4. The largest absolute Gasteiger partial charge is 0.367 e. The third kappa shape index (κ3) is 2.32. The van der Waals surface area contributed by atoms with Gasteiger partial charge in [0.05, 0.1) is 13.5 Å². The Morgan fingerprint density at radius 1 is 1.04 bits per heavy atom. The minimum Gasteiger partial charge on any atom is -0.367 e. The Kier molecular flexibility index (Phi) is 3.85. The van der Waals surface area contributed by atoms with E-state index < -0.39 is 0 Å². The second kappa shape index (κ2) is 6.15. The molecule has 4 nitrogen and oxygen atoms in total. The fourth-order valence-electron chi connectivity index (χ4n) is 3.45. The minimum absolute atomic E-state index is 0.542. The van der Waals surface area contributed by atoms with Crippen LogP contribution in [0.2, 0.25) is 6.32 Å². The van der Waals surface area contributed by atoms with Crippen molar-refractivity contribution in [3.63, 3.8) is 0 Å². The first-order valence-corrected chi connectivity index (χ1v) is 8.39. The molecular weight excluding hydrogens is 295 g/mol. The van der Waals surface area contributed by atoms with Gasteiger partial charge in [-0.2, -0.15) is 0 Å². The lowest BCUT2D eigenvalue weighted by Gasteiger charge is -2.29. The molecule has 1 aliphatic heterocycles. The van der Waals surface area contributed by atoms with E-state index in [0.29, 0.717) is 12.9 Å². The van der Waals surface area contributed by atoms with Gasteiger partial charge in [0.25, 0.3) is 0 Å². The van der Waals surface area contributed by atoms with E-state index in [-0.39, 0.29) is 0 Å². The molecule has 0 atom stereocenters. The van der Waals surface area contributed by atoms with Crippen molar-refractivity contribution >= 4 is 13.5 Å². The van der Waals surface area contributed by atoms with Crippen LogP contribution in [0.3, 0.4) is 0 Å². The molecule has 1 aliphatic rings. The number of aromatic nitrogens is 3. The minimum atomic E-state index is 0.542. The summed E-state index contributed by atoms with van der Waals surface area (Å²) in [5.74, 6) is 0. The molecule has 0 saturated heterocycles. The Labute approximate surface area is 143 Å². The van der Waals surface area contributed by atoms with Crippen LogP contribution in [-0.4, -0.2) is 29.4 Å². The molecule has 0 fully saturated rings. The molecule has 3 aromatic rings. The Morgan fingerprint density at radius 3 is 2.58 bits per heavy atom. The first-order valence-electron chi connectivity index (χ1n) is 8.39. The second-order valence-electron chi connectivity index (χ2n) is 5.99. The van der Waals surface area contributed by atoms with Crippen LogP contribution in [0.4, 0.5) is 5.69 Å². The normalized spacial score (nSPS) is 12.8. The standard InChI is InChI=1S/C19H19BN4/c1-2-23-13-14-7-3-4-8-15(14)19-18(21-22-24(19)12-11-20)16-9-5-6-10-17(16)23/h3-10H,2,11-13H2,1H3. The lowest BCUT2D eigenvalue weighted by Crippen LogP contribution is -2.24. The summed E-state index contributed by atoms with van der Waals surface area (Å²) in [5, 5.41) is 8.90. The maximum Gasteiger partial charge on any atom is 0.123 e. The van der Waals surface area contributed by atoms with Crippen molar-refractivity contribution in [1.29, 1.82) is 0 Å². The van der Waals surface area contributed by atoms with Crippen molar-refractivity contribution in [1.82, 2.24) is 15.0 Å². The maximum atomic E-state index is 5.78. The fourth-order valence-corrected chi connectivity index (χ4v) is 3.45. The monoisotopic (exact) mass is 314 g/mol. The average Bonchev–Trinajstić information content (AvgIpc) is 3.02. The second-order valence-corrected chi connectivity index (χ2v) is 5.99. The van der Waals surface area contributed by atoms with Gasteiger partial charge in [0.2, 0.25) is 0 Å². The summed E-state index contributed by atoms with van der Waals surface area (Å²) in [4.78, 5) is 2.39. The first kappa shape index (κ1) is 15.0. The number of fused-ring (bicyclic) bond motifs is 5. The van der Waals surface area contributed by atoms with Crippen LogP contribution in [0.1, 0.15) is 12.5 Å². The summed E-state index contributed by atoms with van der Waals surface area (Å²) in [5.41, 5.74) is 6.82. The third-order valence-electron chi connectivity index (χ3n) is 4.59. The van der Waals surface area contributed by atoms with Gasteiger partial charge in [-0.05, 0) is 18.6 Å². The molecule has 24 heavy (non-hydrogen) atoms. The Hall–Kier alpha value is -2.56. The molecule has 0 spiro atoms. The number of benzene rings is 2. The van der Waals surface area contributed by atoms with Crippen LogP contribution in [-0.2, 0) is 13.1 Å². The van der Waals surface area contributed by atoms with Gasteiger partial charge in [0.15, 0.2) is 0 Å². The van der Waals surface area contributed by atoms with Gasteiger partial charge in [-0.1, -0.05) is 54.0 Å². The molecule has 2 aromatic carbocycles. The number of aryl methyl sites for hydroxylation is 1. The molecule has 118 valence electrons. The molecule has 2 radical (unpaired) electrons. The van der Waals surface area contributed by atoms with E-state index in [4.69, 9.17) is 7.85 Å². The Bertz CT molecular complexity index is 871. The van der Waals surface area contributed by atoms with Gasteiger partial charge in [0.1, 0.15) is 5.69 Å². The van der Waals surface area contributed by atoms with Gasteiger partial charge < -0.3 is 4.90 Å². The Morgan fingerprint density at radius 2 is 1.79 bits per heavy atom. The zero-order chi connectivity index (χ0) is 16.5. The van der Waals surface area contributed by atoms with E-state index in [0.717, 1.165) is 30.0 Å². The number of nitrogens with zero attached hydrogens (tertiary/aromatic N) is 4. The van der Waals surface area contributed by atoms with Crippen molar-refractivity contribution in [2.75, 3.05) is 11.4 Å². The number of rotatable bonds is 3. The summed E-state index contributed by atoms with van der Waals surface area (Å²) < 4.78 is 1.94. The van der Waals surface area contributed by atoms with Gasteiger partial charge in [0, 0.05) is 36.4 Å². The molecule has 0 saturated carbocycles. The number of para-hydroxylation sites is 1. The van der Waals surface area contributed by atoms with Crippen molar-refractivity contribution < 1.29 is 0 Å².